The van der Waals surface area contributed by atoms with Crippen LogP contribution in [0.2, 0.25) is 0 Å². The molecule has 0 aliphatic heterocycles. The van der Waals surface area contributed by atoms with Gasteiger partial charge in [-0.3, -0.25) is 4.79 Å². The van der Waals surface area contributed by atoms with E-state index >= 15 is 0 Å². The number of nitrogens with two attached hydrogens (primary N) is 1. The predicted octanol–water partition coefficient (Wildman–Crippen LogP) is 0.155. The molecule has 1 aromatic carbocycles. The summed E-state index contributed by atoms with van der Waals surface area (Å²) in [5, 5.41) is 10.2. The van der Waals surface area contributed by atoms with Crippen molar-refractivity contribution in [2.75, 3.05) is 13.1 Å². The first-order chi connectivity index (χ1) is 9.79. The SMILES string of the molecule is CC(=O)CCNC(=O)NCCc1ccc(S(N)(=O)=O)cc1. The molecule has 4 N–H and O–H groups in total. The van der Waals surface area contributed by atoms with Crippen LogP contribution in [0.4, 0.5) is 4.79 Å². The molecule has 0 aliphatic carbocycles. The lowest BCUT2D eigenvalue weighted by molar-refractivity contribution is -0.116. The summed E-state index contributed by atoms with van der Waals surface area (Å²) < 4.78 is 22.2. The van der Waals surface area contributed by atoms with Crippen molar-refractivity contribution < 1.29 is 18.0 Å². The Morgan fingerprint density at radius 2 is 1.67 bits per heavy atom. The molecule has 21 heavy (non-hydrogen) atoms. The van der Waals surface area contributed by atoms with Crippen molar-refractivity contribution in [3.05, 3.63) is 29.8 Å². The number of carbonyl (C=O) groups excluding carboxylic acids is 2. The standard InChI is InChI=1S/C13H19N3O4S/c1-10(17)6-8-15-13(18)16-9-7-11-2-4-12(5-3-11)21(14,19)20/h2-5H,6-9H2,1H3,(H2,14,19,20)(H2,15,16,18). The van der Waals surface area contributed by atoms with Gasteiger partial charge in [0.25, 0.3) is 0 Å². The van der Waals surface area contributed by atoms with Gasteiger partial charge in [-0.2, -0.15) is 0 Å². The van der Waals surface area contributed by atoms with E-state index in [4.69, 9.17) is 5.14 Å². The number of benzene rings is 1. The van der Waals surface area contributed by atoms with E-state index in [1.54, 1.807) is 12.1 Å². The summed E-state index contributed by atoms with van der Waals surface area (Å²) in [6, 6.07) is 5.82. The lowest BCUT2D eigenvalue weighted by Crippen LogP contribution is -2.37. The number of hydrogen-bond acceptors (Lipinski definition) is 4. The van der Waals surface area contributed by atoms with Crippen molar-refractivity contribution in [3.8, 4) is 0 Å². The molecular weight excluding hydrogens is 294 g/mol. The Labute approximate surface area is 124 Å². The summed E-state index contributed by atoms with van der Waals surface area (Å²) in [5.74, 6) is 0.0187. The third-order valence-corrected chi connectivity index (χ3v) is 3.64. The summed E-state index contributed by atoms with van der Waals surface area (Å²) in [5.41, 5.74) is 0.881. The molecule has 0 aliphatic rings. The van der Waals surface area contributed by atoms with Crippen LogP contribution in [0.3, 0.4) is 0 Å². The molecule has 0 spiro atoms. The summed E-state index contributed by atoms with van der Waals surface area (Å²) in [6.07, 6.45) is 0.869. The van der Waals surface area contributed by atoms with Gasteiger partial charge in [0.2, 0.25) is 10.0 Å². The Balaban J connectivity index is 2.32. The lowest BCUT2D eigenvalue weighted by atomic mass is 10.1. The molecule has 7 nitrogen and oxygen atoms in total. The van der Waals surface area contributed by atoms with Crippen molar-refractivity contribution in [2.24, 2.45) is 5.14 Å². The van der Waals surface area contributed by atoms with Crippen molar-refractivity contribution in [1.29, 1.82) is 0 Å². The third-order valence-electron chi connectivity index (χ3n) is 2.71. The quantitative estimate of drug-likeness (QED) is 0.664. The van der Waals surface area contributed by atoms with Crippen molar-refractivity contribution >= 4 is 21.8 Å². The van der Waals surface area contributed by atoms with Crippen LogP contribution >= 0.6 is 0 Å². The van der Waals surface area contributed by atoms with Gasteiger partial charge in [0, 0.05) is 19.5 Å². The maximum Gasteiger partial charge on any atom is 0.314 e. The monoisotopic (exact) mass is 313 g/mol. The molecular formula is C13H19N3O4S. The lowest BCUT2D eigenvalue weighted by Gasteiger charge is -2.07. The zero-order valence-corrected chi connectivity index (χ0v) is 12.6. The van der Waals surface area contributed by atoms with Gasteiger partial charge in [-0.15, -0.1) is 0 Å². The van der Waals surface area contributed by atoms with Gasteiger partial charge in [0.1, 0.15) is 5.78 Å². The second-order valence-corrected chi connectivity index (χ2v) is 6.14. The van der Waals surface area contributed by atoms with E-state index in [2.05, 4.69) is 10.6 Å². The maximum atomic E-state index is 11.4. The normalized spacial score (nSPS) is 11.0. The smallest absolute Gasteiger partial charge is 0.314 e. The van der Waals surface area contributed by atoms with Gasteiger partial charge in [0.05, 0.1) is 4.90 Å². The summed E-state index contributed by atoms with van der Waals surface area (Å²) in [4.78, 5) is 22.1. The third kappa shape index (κ3) is 6.87. The highest BCUT2D eigenvalue weighted by Gasteiger charge is 2.06. The fraction of sp³-hybridized carbons (Fsp3) is 0.385. The van der Waals surface area contributed by atoms with E-state index in [1.807, 2.05) is 0 Å². The van der Waals surface area contributed by atoms with Crippen molar-refractivity contribution in [3.63, 3.8) is 0 Å². The van der Waals surface area contributed by atoms with Crippen molar-refractivity contribution in [1.82, 2.24) is 10.6 Å². The van der Waals surface area contributed by atoms with Crippen LogP contribution in [0, 0.1) is 0 Å². The van der Waals surface area contributed by atoms with E-state index in [0.29, 0.717) is 25.9 Å². The highest BCUT2D eigenvalue weighted by atomic mass is 32.2. The van der Waals surface area contributed by atoms with Crippen LogP contribution in [0.5, 0.6) is 0 Å². The largest absolute Gasteiger partial charge is 0.338 e. The Hall–Kier alpha value is -1.93. The van der Waals surface area contributed by atoms with Crippen LogP contribution in [0.25, 0.3) is 0 Å². The molecule has 0 aromatic heterocycles. The first-order valence-electron chi connectivity index (χ1n) is 6.42. The number of ketones is 1. The number of Topliss-reactive ketones (excluding diaryl/α,β-unsaturated/α-hetero) is 1. The van der Waals surface area contributed by atoms with Crippen molar-refractivity contribution in [2.45, 2.75) is 24.7 Å². The van der Waals surface area contributed by atoms with Gasteiger partial charge in [-0.25, -0.2) is 18.4 Å². The molecule has 2 amide bonds. The number of urea groups is 1. The minimum atomic E-state index is -3.68. The molecule has 0 unspecified atom stereocenters. The molecule has 116 valence electrons. The van der Waals surface area contributed by atoms with Crippen LogP contribution < -0.4 is 15.8 Å². The van der Waals surface area contributed by atoms with Crippen LogP contribution in [-0.4, -0.2) is 33.3 Å². The van der Waals surface area contributed by atoms with E-state index in [9.17, 15) is 18.0 Å². The Morgan fingerprint density at radius 1 is 1.10 bits per heavy atom. The average molecular weight is 313 g/mol. The number of nitrogens with one attached hydrogen (secondary N) is 2. The molecule has 0 atom stereocenters. The molecule has 0 heterocycles. The molecule has 0 bridgehead atoms. The van der Waals surface area contributed by atoms with Gasteiger partial charge < -0.3 is 10.6 Å². The first-order valence-corrected chi connectivity index (χ1v) is 7.96. The van der Waals surface area contributed by atoms with Gasteiger partial charge in [-0.05, 0) is 31.0 Å². The molecule has 1 rings (SSSR count). The molecule has 0 saturated carbocycles. The van der Waals surface area contributed by atoms with Gasteiger partial charge in [0.15, 0.2) is 0 Å². The van der Waals surface area contributed by atoms with Gasteiger partial charge >= 0.3 is 6.03 Å². The molecule has 0 fully saturated rings. The minimum absolute atomic E-state index is 0.0187. The Kier molecular flexibility index (Phi) is 6.32. The highest BCUT2D eigenvalue weighted by Crippen LogP contribution is 2.08. The Bertz CT molecular complexity index is 596. The van der Waals surface area contributed by atoms with E-state index < -0.39 is 10.0 Å². The zero-order chi connectivity index (χ0) is 15.9. The number of primary sulfonamides is 1. The second-order valence-electron chi connectivity index (χ2n) is 4.57. The van der Waals surface area contributed by atoms with E-state index in [0.717, 1.165) is 5.56 Å². The topological polar surface area (TPSA) is 118 Å². The number of sulfonamides is 1. The second kappa shape index (κ2) is 7.75. The minimum Gasteiger partial charge on any atom is -0.338 e. The first kappa shape index (κ1) is 17.1. The molecule has 0 saturated heterocycles. The molecule has 1 aromatic rings. The summed E-state index contributed by atoms with van der Waals surface area (Å²) >= 11 is 0. The fourth-order valence-electron chi connectivity index (χ4n) is 1.58. The summed E-state index contributed by atoms with van der Waals surface area (Å²) in [6.45, 7) is 2.18. The van der Waals surface area contributed by atoms with Gasteiger partial charge in [-0.1, -0.05) is 12.1 Å². The van der Waals surface area contributed by atoms with Crippen LogP contribution in [0.1, 0.15) is 18.9 Å². The molecule has 8 heteroatoms. The highest BCUT2D eigenvalue weighted by molar-refractivity contribution is 7.89. The Morgan fingerprint density at radius 3 is 2.19 bits per heavy atom. The maximum absolute atomic E-state index is 11.4. The summed E-state index contributed by atoms with van der Waals surface area (Å²) in [7, 11) is -3.68. The van der Waals surface area contributed by atoms with E-state index in [1.165, 1.54) is 19.1 Å². The van der Waals surface area contributed by atoms with E-state index in [-0.39, 0.29) is 16.7 Å². The number of amides is 2. The van der Waals surface area contributed by atoms with Crippen LogP contribution in [0.15, 0.2) is 29.2 Å². The zero-order valence-electron chi connectivity index (χ0n) is 11.8. The fourth-order valence-corrected chi connectivity index (χ4v) is 2.10. The number of rotatable bonds is 7. The molecule has 0 radical (unpaired) electrons. The van der Waals surface area contributed by atoms with Crippen LogP contribution in [-0.2, 0) is 21.2 Å². The predicted molar refractivity (Wildman–Crippen MR) is 78.2 cm³/mol. The average Bonchev–Trinajstić information content (AvgIpc) is 2.38. The number of hydrogen-bond donors (Lipinski definition) is 3. The number of carbonyl (C=O) groups is 2.